The Bertz CT molecular complexity index is 380. The molecule has 0 spiro atoms. The summed E-state index contributed by atoms with van der Waals surface area (Å²) in [7, 11) is 0. The molecule has 0 bridgehead atoms. The first-order valence-electron chi connectivity index (χ1n) is 6.00. The van der Waals surface area contributed by atoms with Crippen LogP contribution in [0, 0.1) is 11.6 Å². The predicted molar refractivity (Wildman–Crippen MR) is 67.0 cm³/mol. The lowest BCUT2D eigenvalue weighted by Gasteiger charge is -2.30. The topological polar surface area (TPSA) is 29.3 Å². The quantitative estimate of drug-likeness (QED) is 0.860. The highest BCUT2D eigenvalue weighted by molar-refractivity contribution is 5.50. The van der Waals surface area contributed by atoms with E-state index in [0.717, 1.165) is 6.42 Å². The van der Waals surface area contributed by atoms with E-state index in [2.05, 4.69) is 0 Å². The maximum absolute atomic E-state index is 13.9. The van der Waals surface area contributed by atoms with Gasteiger partial charge in [0.05, 0.1) is 5.69 Å². The molecule has 1 atom stereocenters. The maximum atomic E-state index is 13.9. The zero-order valence-corrected chi connectivity index (χ0v) is 10.6. The Hall–Kier alpha value is -1.16. The second kappa shape index (κ2) is 5.96. The number of hydrogen-bond donors (Lipinski definition) is 1. The Balaban J connectivity index is 3.17. The van der Waals surface area contributed by atoms with E-state index in [1.807, 2.05) is 25.7 Å². The molecule has 0 aliphatic rings. The zero-order valence-electron chi connectivity index (χ0n) is 10.6. The Morgan fingerprint density at radius 2 is 1.88 bits per heavy atom. The average Bonchev–Trinajstić information content (AvgIpc) is 2.35. The van der Waals surface area contributed by atoms with Crippen molar-refractivity contribution in [2.45, 2.75) is 39.8 Å². The number of benzene rings is 1. The average molecular weight is 242 g/mol. The molecule has 1 aromatic rings. The number of nitrogens with zero attached hydrogens (tertiary/aromatic N) is 1. The molecule has 1 rings (SSSR count). The van der Waals surface area contributed by atoms with Gasteiger partial charge in [-0.25, -0.2) is 8.78 Å². The fraction of sp³-hybridized carbons (Fsp3) is 0.538. The second-order valence-electron chi connectivity index (χ2n) is 4.12. The van der Waals surface area contributed by atoms with Crippen LogP contribution in [0.25, 0.3) is 0 Å². The molecule has 2 N–H and O–H groups in total. The first-order chi connectivity index (χ1) is 8.06. The van der Waals surface area contributed by atoms with Gasteiger partial charge >= 0.3 is 0 Å². The van der Waals surface area contributed by atoms with Crippen molar-refractivity contribution in [3.05, 3.63) is 29.3 Å². The van der Waals surface area contributed by atoms with E-state index in [0.29, 0.717) is 12.2 Å². The van der Waals surface area contributed by atoms with Crippen molar-refractivity contribution in [2.24, 2.45) is 5.73 Å². The van der Waals surface area contributed by atoms with Crippen LogP contribution >= 0.6 is 0 Å². The van der Waals surface area contributed by atoms with Crippen molar-refractivity contribution >= 4 is 5.69 Å². The first kappa shape index (κ1) is 13.9. The summed E-state index contributed by atoms with van der Waals surface area (Å²) < 4.78 is 27.6. The van der Waals surface area contributed by atoms with E-state index >= 15 is 0 Å². The largest absolute Gasteiger partial charge is 0.367 e. The van der Waals surface area contributed by atoms with Gasteiger partial charge in [-0.15, -0.1) is 0 Å². The highest BCUT2D eigenvalue weighted by Crippen LogP contribution is 2.26. The van der Waals surface area contributed by atoms with Crippen LogP contribution in [0.4, 0.5) is 14.5 Å². The maximum Gasteiger partial charge on any atom is 0.182 e. The van der Waals surface area contributed by atoms with E-state index < -0.39 is 11.6 Å². The summed E-state index contributed by atoms with van der Waals surface area (Å²) in [6.45, 7) is 6.61. The van der Waals surface area contributed by atoms with E-state index in [9.17, 15) is 8.78 Å². The van der Waals surface area contributed by atoms with Crippen molar-refractivity contribution in [2.75, 3.05) is 11.4 Å². The van der Waals surface area contributed by atoms with Gasteiger partial charge in [-0.3, -0.25) is 0 Å². The van der Waals surface area contributed by atoms with Crippen LogP contribution < -0.4 is 10.6 Å². The van der Waals surface area contributed by atoms with Gasteiger partial charge in [0.25, 0.3) is 0 Å². The van der Waals surface area contributed by atoms with Gasteiger partial charge in [0, 0.05) is 24.7 Å². The third kappa shape index (κ3) is 2.75. The van der Waals surface area contributed by atoms with Gasteiger partial charge in [0.2, 0.25) is 0 Å². The number of halogens is 2. The van der Waals surface area contributed by atoms with E-state index in [1.54, 1.807) is 12.1 Å². The molecule has 0 amide bonds. The van der Waals surface area contributed by atoms with Gasteiger partial charge in [-0.1, -0.05) is 13.0 Å². The molecule has 0 aliphatic carbocycles. The van der Waals surface area contributed by atoms with Crippen LogP contribution in [0.3, 0.4) is 0 Å². The molecule has 0 fully saturated rings. The summed E-state index contributed by atoms with van der Waals surface area (Å²) in [4.78, 5) is 1.86. The molecular formula is C13H20F2N2. The molecule has 96 valence electrons. The smallest absolute Gasteiger partial charge is 0.182 e. The van der Waals surface area contributed by atoms with Crippen LogP contribution in [0.15, 0.2) is 12.1 Å². The highest BCUT2D eigenvalue weighted by atomic mass is 19.2. The minimum atomic E-state index is -0.827. The molecule has 0 heterocycles. The Labute approximate surface area is 101 Å². The molecule has 2 nitrogen and oxygen atoms in total. The molecule has 0 aromatic heterocycles. The molecule has 4 heteroatoms. The molecule has 0 saturated heterocycles. The van der Waals surface area contributed by atoms with Crippen molar-refractivity contribution < 1.29 is 8.78 Å². The Kier molecular flexibility index (Phi) is 4.87. The van der Waals surface area contributed by atoms with Crippen molar-refractivity contribution in [3.8, 4) is 0 Å². The van der Waals surface area contributed by atoms with Crippen LogP contribution in [-0.4, -0.2) is 12.6 Å². The van der Waals surface area contributed by atoms with Crippen molar-refractivity contribution in [1.82, 2.24) is 0 Å². The third-order valence-corrected chi connectivity index (χ3v) is 3.13. The monoisotopic (exact) mass is 242 g/mol. The minimum Gasteiger partial charge on any atom is -0.367 e. The lowest BCUT2D eigenvalue weighted by Crippen LogP contribution is -2.33. The SMILES string of the molecule is CCC(C)N(CC)c1ccc(CN)c(F)c1F. The highest BCUT2D eigenvalue weighted by Gasteiger charge is 2.19. The summed E-state index contributed by atoms with van der Waals surface area (Å²) in [6.07, 6.45) is 0.882. The Morgan fingerprint density at radius 1 is 1.24 bits per heavy atom. The van der Waals surface area contributed by atoms with Crippen LogP contribution in [-0.2, 0) is 6.54 Å². The fourth-order valence-corrected chi connectivity index (χ4v) is 1.90. The van der Waals surface area contributed by atoms with E-state index in [-0.39, 0.29) is 18.2 Å². The van der Waals surface area contributed by atoms with Gasteiger partial charge < -0.3 is 10.6 Å². The minimum absolute atomic E-state index is 0.0124. The standard InChI is InChI=1S/C13H20F2N2/c1-4-9(3)17(5-2)11-7-6-10(8-16)12(14)13(11)15/h6-7,9H,4-5,8,16H2,1-3H3. The molecule has 0 radical (unpaired) electrons. The van der Waals surface area contributed by atoms with E-state index in [4.69, 9.17) is 5.73 Å². The zero-order chi connectivity index (χ0) is 13.0. The van der Waals surface area contributed by atoms with Crippen LogP contribution in [0.2, 0.25) is 0 Å². The molecule has 17 heavy (non-hydrogen) atoms. The number of hydrogen-bond acceptors (Lipinski definition) is 2. The summed E-state index contributed by atoms with van der Waals surface area (Å²) in [5, 5.41) is 0. The van der Waals surface area contributed by atoms with Gasteiger partial charge in [0.15, 0.2) is 11.6 Å². The fourth-order valence-electron chi connectivity index (χ4n) is 1.90. The molecule has 1 unspecified atom stereocenters. The summed E-state index contributed by atoms with van der Waals surface area (Å²) in [5.41, 5.74) is 5.87. The first-order valence-corrected chi connectivity index (χ1v) is 6.00. The van der Waals surface area contributed by atoms with Gasteiger partial charge in [0.1, 0.15) is 0 Å². The summed E-state index contributed by atoms with van der Waals surface area (Å²) in [5.74, 6) is -1.62. The molecular weight excluding hydrogens is 222 g/mol. The van der Waals surface area contributed by atoms with E-state index in [1.165, 1.54) is 0 Å². The van der Waals surface area contributed by atoms with Crippen LogP contribution in [0.1, 0.15) is 32.8 Å². The lowest BCUT2D eigenvalue weighted by molar-refractivity contribution is 0.491. The molecule has 0 saturated carbocycles. The molecule has 1 aromatic carbocycles. The van der Waals surface area contributed by atoms with Crippen LogP contribution in [0.5, 0.6) is 0 Å². The summed E-state index contributed by atoms with van der Waals surface area (Å²) >= 11 is 0. The van der Waals surface area contributed by atoms with Crippen molar-refractivity contribution in [3.63, 3.8) is 0 Å². The molecule has 0 aliphatic heterocycles. The number of anilines is 1. The predicted octanol–water partition coefficient (Wildman–Crippen LogP) is 3.05. The van der Waals surface area contributed by atoms with Crippen molar-refractivity contribution in [1.29, 1.82) is 0 Å². The third-order valence-electron chi connectivity index (χ3n) is 3.13. The Morgan fingerprint density at radius 3 is 2.35 bits per heavy atom. The van der Waals surface area contributed by atoms with Gasteiger partial charge in [-0.05, 0) is 26.3 Å². The van der Waals surface area contributed by atoms with Gasteiger partial charge in [-0.2, -0.15) is 0 Å². The second-order valence-corrected chi connectivity index (χ2v) is 4.12. The number of nitrogens with two attached hydrogens (primary N) is 1. The lowest BCUT2D eigenvalue weighted by atomic mass is 10.1. The normalized spacial score (nSPS) is 12.6. The summed E-state index contributed by atoms with van der Waals surface area (Å²) in [6, 6.07) is 3.34. The number of rotatable bonds is 5.